The largest absolute Gasteiger partial charge is 0.394 e. The van der Waals surface area contributed by atoms with Crippen LogP contribution in [0.5, 0.6) is 0 Å². The molecule has 1 radical (unpaired) electrons. The molecule has 1 aliphatic rings. The fourth-order valence-electron chi connectivity index (χ4n) is 2.05. The number of nitrogens with zero attached hydrogens (tertiary/aromatic N) is 4. The van der Waals surface area contributed by atoms with Crippen LogP contribution in [0.25, 0.3) is 11.2 Å². The Hall–Kier alpha value is -1.97. The molecule has 3 heterocycles. The Bertz CT molecular complexity index is 615. The second-order valence-electron chi connectivity index (χ2n) is 4.22. The molecule has 0 saturated carbocycles. The number of aliphatic hydroxyl groups excluding tert-OH is 2. The molecule has 6 N–H and O–H groups in total. The van der Waals surface area contributed by atoms with Crippen LogP contribution in [0.4, 0.5) is 11.8 Å². The average molecular weight is 265 g/mol. The molecule has 2 aromatic rings. The van der Waals surface area contributed by atoms with Crippen LogP contribution in [0, 0.1) is 6.42 Å². The monoisotopic (exact) mass is 265 g/mol. The minimum atomic E-state index is -0.857. The molecular weight excluding hydrogens is 252 g/mol. The van der Waals surface area contributed by atoms with Gasteiger partial charge in [-0.05, 0) is 0 Å². The normalized spacial score (nSPS) is 27.2. The van der Waals surface area contributed by atoms with Crippen LogP contribution < -0.4 is 11.5 Å². The van der Waals surface area contributed by atoms with Crippen molar-refractivity contribution in [1.29, 1.82) is 0 Å². The lowest BCUT2D eigenvalue weighted by Crippen LogP contribution is -2.24. The van der Waals surface area contributed by atoms with E-state index in [0.717, 1.165) is 0 Å². The average Bonchev–Trinajstić information content (AvgIpc) is 2.92. The maximum atomic E-state index is 9.68. The fraction of sp³-hybridized carbons (Fsp3) is 0.400. The number of imidazole rings is 1. The van der Waals surface area contributed by atoms with E-state index >= 15 is 0 Å². The number of aliphatic hydroxyl groups is 2. The van der Waals surface area contributed by atoms with E-state index in [-0.39, 0.29) is 18.4 Å². The third-order valence-electron chi connectivity index (χ3n) is 2.98. The summed E-state index contributed by atoms with van der Waals surface area (Å²) in [6.45, 7) is -0.278. The molecule has 9 heteroatoms. The molecule has 0 aliphatic carbocycles. The lowest BCUT2D eigenvalue weighted by molar-refractivity contribution is -0.0423. The topological polar surface area (TPSA) is 145 Å². The zero-order chi connectivity index (χ0) is 13.6. The standard InChI is InChI=1S/C10H13N6O3/c11-8-7-9(15-10(12)14-8)16(3-13-7)6-1-4(18)5(2-17)19-6/h1,3-6,17-18H,2H2,(H4,11,12,14,15). The summed E-state index contributed by atoms with van der Waals surface area (Å²) in [5.74, 6) is 0.211. The molecule has 3 unspecified atom stereocenters. The Morgan fingerprint density at radius 2 is 2.16 bits per heavy atom. The maximum Gasteiger partial charge on any atom is 0.224 e. The van der Waals surface area contributed by atoms with E-state index in [1.54, 1.807) is 4.57 Å². The van der Waals surface area contributed by atoms with Gasteiger partial charge in [0.25, 0.3) is 0 Å². The van der Waals surface area contributed by atoms with Crippen molar-refractivity contribution in [3.8, 4) is 0 Å². The minimum absolute atomic E-state index is 0.0315. The van der Waals surface area contributed by atoms with E-state index < -0.39 is 18.4 Å². The number of rotatable bonds is 2. The summed E-state index contributed by atoms with van der Waals surface area (Å²) >= 11 is 0. The van der Waals surface area contributed by atoms with E-state index in [9.17, 15) is 5.11 Å². The molecule has 1 fully saturated rings. The Balaban J connectivity index is 2.02. The summed E-state index contributed by atoms with van der Waals surface area (Å²) < 4.78 is 7.05. The first kappa shape index (κ1) is 12.1. The summed E-state index contributed by atoms with van der Waals surface area (Å²) in [5, 5.41) is 18.7. The highest BCUT2D eigenvalue weighted by molar-refractivity contribution is 5.82. The van der Waals surface area contributed by atoms with Gasteiger partial charge in [-0.3, -0.25) is 4.57 Å². The van der Waals surface area contributed by atoms with Crippen LogP contribution in [0.1, 0.15) is 6.23 Å². The van der Waals surface area contributed by atoms with Crippen molar-refractivity contribution < 1.29 is 14.9 Å². The van der Waals surface area contributed by atoms with Gasteiger partial charge in [0.15, 0.2) is 11.5 Å². The predicted molar refractivity (Wildman–Crippen MR) is 65.5 cm³/mol. The van der Waals surface area contributed by atoms with E-state index in [1.807, 2.05) is 0 Å². The first-order chi connectivity index (χ1) is 9.10. The summed E-state index contributed by atoms with van der Waals surface area (Å²) in [5.41, 5.74) is 12.1. The molecular formula is C10H13N6O3. The quantitative estimate of drug-likeness (QED) is 0.510. The zero-order valence-corrected chi connectivity index (χ0v) is 9.84. The van der Waals surface area contributed by atoms with Crippen LogP contribution in [0.2, 0.25) is 0 Å². The van der Waals surface area contributed by atoms with Crippen LogP contribution >= 0.6 is 0 Å². The van der Waals surface area contributed by atoms with E-state index in [1.165, 1.54) is 12.7 Å². The summed E-state index contributed by atoms with van der Waals surface area (Å²) in [4.78, 5) is 12.0. The van der Waals surface area contributed by atoms with Gasteiger partial charge in [-0.25, -0.2) is 4.98 Å². The molecule has 3 rings (SSSR count). The van der Waals surface area contributed by atoms with Crippen molar-refractivity contribution in [2.45, 2.75) is 18.4 Å². The molecule has 1 aliphatic heterocycles. The lowest BCUT2D eigenvalue weighted by atomic mass is 10.2. The molecule has 101 valence electrons. The fourth-order valence-corrected chi connectivity index (χ4v) is 2.05. The summed E-state index contributed by atoms with van der Waals surface area (Å²) in [7, 11) is 0. The Morgan fingerprint density at radius 1 is 1.37 bits per heavy atom. The van der Waals surface area contributed by atoms with E-state index in [2.05, 4.69) is 15.0 Å². The molecule has 0 bridgehead atoms. The highest BCUT2D eigenvalue weighted by Gasteiger charge is 2.35. The van der Waals surface area contributed by atoms with Gasteiger partial charge in [0.1, 0.15) is 17.8 Å². The van der Waals surface area contributed by atoms with Crippen molar-refractivity contribution in [3.05, 3.63) is 12.7 Å². The molecule has 9 nitrogen and oxygen atoms in total. The molecule has 0 spiro atoms. The summed E-state index contributed by atoms with van der Waals surface area (Å²) in [6.07, 6.45) is 0.896. The van der Waals surface area contributed by atoms with Gasteiger partial charge in [-0.2, -0.15) is 9.97 Å². The van der Waals surface area contributed by atoms with Gasteiger partial charge in [0.2, 0.25) is 5.95 Å². The first-order valence-corrected chi connectivity index (χ1v) is 5.65. The van der Waals surface area contributed by atoms with Crippen molar-refractivity contribution in [3.63, 3.8) is 0 Å². The second-order valence-corrected chi connectivity index (χ2v) is 4.22. The van der Waals surface area contributed by atoms with Crippen LogP contribution in [-0.2, 0) is 4.74 Å². The Labute approximate surface area is 107 Å². The zero-order valence-electron chi connectivity index (χ0n) is 9.84. The van der Waals surface area contributed by atoms with Gasteiger partial charge in [-0.1, -0.05) is 0 Å². The molecule has 0 aromatic carbocycles. The van der Waals surface area contributed by atoms with Crippen LogP contribution in [0.15, 0.2) is 6.33 Å². The van der Waals surface area contributed by atoms with Crippen LogP contribution in [0.3, 0.4) is 0 Å². The molecule has 0 amide bonds. The smallest absolute Gasteiger partial charge is 0.224 e. The minimum Gasteiger partial charge on any atom is -0.394 e. The maximum absolute atomic E-state index is 9.68. The SMILES string of the molecule is Nc1nc(N)c2ncn(C3[CH]C(O)C(CO)O3)c2n1. The highest BCUT2D eigenvalue weighted by Crippen LogP contribution is 2.30. The van der Waals surface area contributed by atoms with E-state index in [0.29, 0.717) is 11.2 Å². The number of hydrogen-bond acceptors (Lipinski definition) is 8. The van der Waals surface area contributed by atoms with Crippen molar-refractivity contribution in [1.82, 2.24) is 19.5 Å². The van der Waals surface area contributed by atoms with Crippen molar-refractivity contribution in [2.75, 3.05) is 18.1 Å². The highest BCUT2D eigenvalue weighted by atomic mass is 16.5. The Kier molecular flexibility index (Phi) is 2.73. The molecule has 1 saturated heterocycles. The Morgan fingerprint density at radius 3 is 2.84 bits per heavy atom. The third kappa shape index (κ3) is 1.87. The number of nitrogen functional groups attached to an aromatic ring is 2. The van der Waals surface area contributed by atoms with Crippen LogP contribution in [-0.4, -0.2) is 48.5 Å². The van der Waals surface area contributed by atoms with Gasteiger partial charge < -0.3 is 26.4 Å². The van der Waals surface area contributed by atoms with Crippen molar-refractivity contribution >= 4 is 22.9 Å². The number of nitrogens with two attached hydrogens (primary N) is 2. The third-order valence-corrected chi connectivity index (χ3v) is 2.98. The lowest BCUT2D eigenvalue weighted by Gasteiger charge is -2.13. The van der Waals surface area contributed by atoms with Gasteiger partial charge in [0.05, 0.1) is 19.0 Å². The number of aromatic nitrogens is 4. The van der Waals surface area contributed by atoms with E-state index in [4.69, 9.17) is 21.3 Å². The number of anilines is 2. The first-order valence-electron chi connectivity index (χ1n) is 5.65. The number of hydrogen-bond donors (Lipinski definition) is 4. The second kappa shape index (κ2) is 4.30. The van der Waals surface area contributed by atoms with Gasteiger partial charge in [0, 0.05) is 6.42 Å². The van der Waals surface area contributed by atoms with Gasteiger partial charge >= 0.3 is 0 Å². The molecule has 19 heavy (non-hydrogen) atoms. The number of fused-ring (bicyclic) bond motifs is 1. The summed E-state index contributed by atoms with van der Waals surface area (Å²) in [6, 6.07) is 0. The van der Waals surface area contributed by atoms with Crippen molar-refractivity contribution in [2.24, 2.45) is 0 Å². The molecule has 2 aromatic heterocycles. The molecule has 3 atom stereocenters. The number of ether oxygens (including phenoxy) is 1. The predicted octanol–water partition coefficient (Wildman–Crippen LogP) is -1.55. The van der Waals surface area contributed by atoms with Gasteiger partial charge in [-0.15, -0.1) is 0 Å².